The fourth-order valence-corrected chi connectivity index (χ4v) is 5.17. The Morgan fingerprint density at radius 2 is 1.71 bits per heavy atom. The summed E-state index contributed by atoms with van der Waals surface area (Å²) in [5, 5.41) is 2.91. The number of piperazine rings is 1. The van der Waals surface area contributed by atoms with Crippen molar-refractivity contribution in [3.63, 3.8) is 0 Å². The van der Waals surface area contributed by atoms with Crippen molar-refractivity contribution in [1.29, 1.82) is 0 Å². The Kier molecular flexibility index (Phi) is 6.17. The van der Waals surface area contributed by atoms with Crippen LogP contribution < -0.4 is 14.8 Å². The molecule has 2 aromatic rings. The van der Waals surface area contributed by atoms with Crippen LogP contribution in [0.1, 0.15) is 16.7 Å². The predicted molar refractivity (Wildman–Crippen MR) is 116 cm³/mol. The van der Waals surface area contributed by atoms with Crippen LogP contribution in [0.5, 0.6) is 11.5 Å². The molecule has 0 unspecified atom stereocenters. The highest BCUT2D eigenvalue weighted by atomic mass is 32.2. The average molecular weight is 446 g/mol. The summed E-state index contributed by atoms with van der Waals surface area (Å²) in [4.78, 5) is 14.6. The van der Waals surface area contributed by atoms with Crippen molar-refractivity contribution in [1.82, 2.24) is 14.5 Å². The Hall–Kier alpha value is -2.62. The third-order valence-electron chi connectivity index (χ3n) is 5.74. The lowest BCUT2D eigenvalue weighted by molar-refractivity contribution is -0.122. The van der Waals surface area contributed by atoms with Crippen LogP contribution in [0.4, 0.5) is 0 Å². The van der Waals surface area contributed by atoms with Gasteiger partial charge in [0.05, 0.1) is 11.4 Å². The number of nitrogens with zero attached hydrogens (tertiary/aromatic N) is 2. The number of hydrogen-bond donors (Lipinski definition) is 1. The maximum Gasteiger partial charge on any atom is 0.243 e. The zero-order valence-electron chi connectivity index (χ0n) is 17.8. The van der Waals surface area contributed by atoms with Crippen molar-refractivity contribution in [2.24, 2.45) is 0 Å². The molecule has 9 heteroatoms. The van der Waals surface area contributed by atoms with Crippen LogP contribution in [-0.2, 0) is 21.4 Å². The quantitative estimate of drug-likeness (QED) is 0.728. The molecule has 1 saturated heterocycles. The van der Waals surface area contributed by atoms with Gasteiger partial charge in [0.15, 0.2) is 11.5 Å². The highest BCUT2D eigenvalue weighted by Crippen LogP contribution is 2.32. The standard InChI is InChI=1S/C22H27N3O5S/c1-16-3-5-19(11-17(16)2)31(27,28)25-9-7-24(8-10-25)14-22(26)23-13-18-4-6-20-21(12-18)30-15-29-20/h3-6,11-12H,7-10,13-15H2,1-2H3,(H,23,26). The van der Waals surface area contributed by atoms with E-state index in [2.05, 4.69) is 5.32 Å². The van der Waals surface area contributed by atoms with E-state index >= 15 is 0 Å². The molecule has 1 N–H and O–H groups in total. The molecule has 2 aliphatic heterocycles. The summed E-state index contributed by atoms with van der Waals surface area (Å²) >= 11 is 0. The maximum absolute atomic E-state index is 12.9. The number of sulfonamides is 1. The number of carbonyl (C=O) groups is 1. The fraction of sp³-hybridized carbons (Fsp3) is 0.409. The van der Waals surface area contributed by atoms with Crippen molar-refractivity contribution < 1.29 is 22.7 Å². The van der Waals surface area contributed by atoms with Crippen molar-refractivity contribution in [2.45, 2.75) is 25.3 Å². The second-order valence-electron chi connectivity index (χ2n) is 7.89. The van der Waals surface area contributed by atoms with E-state index < -0.39 is 10.0 Å². The number of benzene rings is 2. The fourth-order valence-electron chi connectivity index (χ4n) is 3.66. The molecule has 0 aromatic heterocycles. The van der Waals surface area contributed by atoms with E-state index in [-0.39, 0.29) is 19.2 Å². The Morgan fingerprint density at radius 3 is 2.45 bits per heavy atom. The molecule has 2 heterocycles. The molecule has 1 amide bonds. The third kappa shape index (κ3) is 4.84. The first kappa shape index (κ1) is 21.6. The molecule has 2 aliphatic rings. The number of ether oxygens (including phenoxy) is 2. The summed E-state index contributed by atoms with van der Waals surface area (Å²) in [7, 11) is -3.52. The first-order chi connectivity index (χ1) is 14.8. The topological polar surface area (TPSA) is 88.2 Å². The lowest BCUT2D eigenvalue weighted by Crippen LogP contribution is -2.51. The molecule has 4 rings (SSSR count). The molecule has 0 aliphatic carbocycles. The molecule has 0 saturated carbocycles. The summed E-state index contributed by atoms with van der Waals surface area (Å²) < 4.78 is 38.0. The Labute approximate surface area is 182 Å². The Bertz CT molecular complexity index is 1080. The van der Waals surface area contributed by atoms with Gasteiger partial charge in [-0.2, -0.15) is 4.31 Å². The molecule has 0 spiro atoms. The first-order valence-corrected chi connectivity index (χ1v) is 11.7. The summed E-state index contributed by atoms with van der Waals surface area (Å²) in [5.41, 5.74) is 2.95. The number of nitrogens with one attached hydrogen (secondary N) is 1. The molecule has 0 atom stereocenters. The van der Waals surface area contributed by atoms with Gasteiger partial charge in [0.2, 0.25) is 22.7 Å². The second-order valence-corrected chi connectivity index (χ2v) is 9.83. The van der Waals surface area contributed by atoms with Gasteiger partial charge in [-0.1, -0.05) is 12.1 Å². The number of aryl methyl sites for hydroxylation is 2. The van der Waals surface area contributed by atoms with E-state index in [0.29, 0.717) is 49.1 Å². The smallest absolute Gasteiger partial charge is 0.243 e. The van der Waals surface area contributed by atoms with Crippen LogP contribution in [0, 0.1) is 13.8 Å². The zero-order chi connectivity index (χ0) is 22.0. The molecule has 2 aromatic carbocycles. The largest absolute Gasteiger partial charge is 0.454 e. The van der Waals surface area contributed by atoms with Crippen LogP contribution in [0.3, 0.4) is 0 Å². The van der Waals surface area contributed by atoms with Gasteiger partial charge in [-0.05, 0) is 54.8 Å². The van der Waals surface area contributed by atoms with Crippen LogP contribution in [0.25, 0.3) is 0 Å². The number of carbonyl (C=O) groups excluding carboxylic acids is 1. The number of amides is 1. The van der Waals surface area contributed by atoms with Gasteiger partial charge in [0.25, 0.3) is 0 Å². The number of rotatable bonds is 6. The minimum Gasteiger partial charge on any atom is -0.454 e. The molecular weight excluding hydrogens is 418 g/mol. The van der Waals surface area contributed by atoms with E-state index in [9.17, 15) is 13.2 Å². The summed E-state index contributed by atoms with van der Waals surface area (Å²) in [6.45, 7) is 6.49. The molecule has 166 valence electrons. The molecule has 1 fully saturated rings. The Morgan fingerprint density at radius 1 is 0.968 bits per heavy atom. The third-order valence-corrected chi connectivity index (χ3v) is 7.64. The maximum atomic E-state index is 12.9. The van der Waals surface area contributed by atoms with Crippen molar-refractivity contribution in [2.75, 3.05) is 39.5 Å². The highest BCUT2D eigenvalue weighted by molar-refractivity contribution is 7.89. The van der Waals surface area contributed by atoms with Crippen LogP contribution >= 0.6 is 0 Å². The van der Waals surface area contributed by atoms with Gasteiger partial charge in [-0.15, -0.1) is 0 Å². The summed E-state index contributed by atoms with van der Waals surface area (Å²) in [6, 6.07) is 10.8. The molecular formula is C22H27N3O5S. The number of fused-ring (bicyclic) bond motifs is 1. The van der Waals surface area contributed by atoms with Crippen LogP contribution in [0.2, 0.25) is 0 Å². The molecule has 0 radical (unpaired) electrons. The molecule has 0 bridgehead atoms. The highest BCUT2D eigenvalue weighted by Gasteiger charge is 2.29. The summed E-state index contributed by atoms with van der Waals surface area (Å²) in [6.07, 6.45) is 0. The lowest BCUT2D eigenvalue weighted by atomic mass is 10.1. The van der Waals surface area contributed by atoms with E-state index in [4.69, 9.17) is 9.47 Å². The van der Waals surface area contributed by atoms with Crippen molar-refractivity contribution in [3.8, 4) is 11.5 Å². The van der Waals surface area contributed by atoms with Crippen molar-refractivity contribution >= 4 is 15.9 Å². The van der Waals surface area contributed by atoms with Crippen LogP contribution in [0.15, 0.2) is 41.3 Å². The lowest BCUT2D eigenvalue weighted by Gasteiger charge is -2.33. The van der Waals surface area contributed by atoms with Gasteiger partial charge >= 0.3 is 0 Å². The first-order valence-electron chi connectivity index (χ1n) is 10.3. The zero-order valence-corrected chi connectivity index (χ0v) is 18.6. The number of hydrogen-bond acceptors (Lipinski definition) is 6. The van der Waals surface area contributed by atoms with Crippen LogP contribution in [-0.4, -0.2) is 63.0 Å². The van der Waals surface area contributed by atoms with E-state index in [1.165, 1.54) is 4.31 Å². The second kappa shape index (κ2) is 8.86. The SMILES string of the molecule is Cc1ccc(S(=O)(=O)N2CCN(CC(=O)NCc3ccc4c(c3)OCO4)CC2)cc1C. The van der Waals surface area contributed by atoms with Gasteiger partial charge in [-0.3, -0.25) is 9.69 Å². The monoisotopic (exact) mass is 445 g/mol. The minimum absolute atomic E-state index is 0.0943. The predicted octanol–water partition coefficient (Wildman–Crippen LogP) is 1.65. The van der Waals surface area contributed by atoms with E-state index in [1.54, 1.807) is 12.1 Å². The Balaban J connectivity index is 1.26. The van der Waals surface area contributed by atoms with Gasteiger partial charge in [-0.25, -0.2) is 8.42 Å². The normalized spacial score (nSPS) is 17.0. The van der Waals surface area contributed by atoms with Gasteiger partial charge in [0, 0.05) is 32.7 Å². The van der Waals surface area contributed by atoms with Gasteiger partial charge in [0.1, 0.15) is 0 Å². The summed E-state index contributed by atoms with van der Waals surface area (Å²) in [5.74, 6) is 1.31. The van der Waals surface area contributed by atoms with E-state index in [1.807, 2.05) is 43.0 Å². The average Bonchev–Trinajstić information content (AvgIpc) is 3.22. The van der Waals surface area contributed by atoms with Gasteiger partial charge < -0.3 is 14.8 Å². The minimum atomic E-state index is -3.52. The van der Waals surface area contributed by atoms with Crippen molar-refractivity contribution in [3.05, 3.63) is 53.1 Å². The van der Waals surface area contributed by atoms with E-state index in [0.717, 1.165) is 16.7 Å². The molecule has 31 heavy (non-hydrogen) atoms. The molecule has 8 nitrogen and oxygen atoms in total.